The third-order valence-corrected chi connectivity index (χ3v) is 3.81. The SMILES string of the molecule is c1ncc(OCC2CC3(CCOCC3)CO2)cn1. The van der Waals surface area contributed by atoms with E-state index in [0.717, 1.165) is 39.1 Å². The van der Waals surface area contributed by atoms with Crippen molar-refractivity contribution < 1.29 is 14.2 Å². The molecular weight excluding hydrogens is 232 g/mol. The van der Waals surface area contributed by atoms with Gasteiger partial charge in [-0.25, -0.2) is 9.97 Å². The van der Waals surface area contributed by atoms with E-state index in [2.05, 4.69) is 9.97 Å². The summed E-state index contributed by atoms with van der Waals surface area (Å²) < 4.78 is 16.9. The van der Waals surface area contributed by atoms with Crippen LogP contribution in [0.4, 0.5) is 0 Å². The second-order valence-electron chi connectivity index (χ2n) is 5.13. The first-order valence-corrected chi connectivity index (χ1v) is 6.44. The van der Waals surface area contributed by atoms with Gasteiger partial charge in [0.15, 0.2) is 5.75 Å². The van der Waals surface area contributed by atoms with Gasteiger partial charge in [0.05, 0.1) is 25.1 Å². The van der Waals surface area contributed by atoms with Crippen LogP contribution in [0.3, 0.4) is 0 Å². The third-order valence-electron chi connectivity index (χ3n) is 3.81. The quantitative estimate of drug-likeness (QED) is 0.812. The average Bonchev–Trinajstić information content (AvgIpc) is 2.82. The topological polar surface area (TPSA) is 53.5 Å². The molecule has 2 fully saturated rings. The Kier molecular flexibility index (Phi) is 3.43. The molecule has 98 valence electrons. The molecule has 2 aliphatic rings. The summed E-state index contributed by atoms with van der Waals surface area (Å²) in [6.07, 6.45) is 8.32. The van der Waals surface area contributed by atoms with Gasteiger partial charge in [-0.2, -0.15) is 0 Å². The highest BCUT2D eigenvalue weighted by Gasteiger charge is 2.41. The van der Waals surface area contributed by atoms with Gasteiger partial charge in [-0.05, 0) is 19.3 Å². The number of ether oxygens (including phenoxy) is 3. The van der Waals surface area contributed by atoms with E-state index in [1.165, 1.54) is 6.33 Å². The number of hydrogen-bond acceptors (Lipinski definition) is 5. The molecule has 1 aromatic heterocycles. The predicted octanol–water partition coefficient (Wildman–Crippen LogP) is 1.44. The molecule has 3 rings (SSSR count). The van der Waals surface area contributed by atoms with Crippen LogP contribution in [0.2, 0.25) is 0 Å². The molecule has 0 aromatic carbocycles. The molecule has 5 heteroatoms. The zero-order valence-corrected chi connectivity index (χ0v) is 10.4. The Morgan fingerprint density at radius 2 is 2.06 bits per heavy atom. The average molecular weight is 250 g/mol. The van der Waals surface area contributed by atoms with E-state index in [4.69, 9.17) is 14.2 Å². The molecule has 1 aromatic rings. The second kappa shape index (κ2) is 5.20. The molecule has 2 saturated heterocycles. The van der Waals surface area contributed by atoms with Crippen LogP contribution in [0.1, 0.15) is 19.3 Å². The largest absolute Gasteiger partial charge is 0.488 e. The Morgan fingerprint density at radius 1 is 1.28 bits per heavy atom. The Labute approximate surface area is 106 Å². The van der Waals surface area contributed by atoms with E-state index in [1.807, 2.05) is 0 Å². The zero-order chi connectivity index (χ0) is 12.3. The number of aromatic nitrogens is 2. The van der Waals surface area contributed by atoms with Crippen LogP contribution in [0.15, 0.2) is 18.7 Å². The molecule has 0 amide bonds. The van der Waals surface area contributed by atoms with Gasteiger partial charge in [-0.15, -0.1) is 0 Å². The maximum absolute atomic E-state index is 5.85. The van der Waals surface area contributed by atoms with Crippen molar-refractivity contribution in [2.45, 2.75) is 25.4 Å². The Morgan fingerprint density at radius 3 is 2.83 bits per heavy atom. The standard InChI is InChI=1S/C13H18N2O3/c1-3-16-4-2-13(1)5-11(18-9-13)8-17-12-6-14-10-15-7-12/h6-7,10-11H,1-5,8-9H2. The molecule has 0 radical (unpaired) electrons. The molecule has 0 bridgehead atoms. The van der Waals surface area contributed by atoms with Crippen LogP contribution in [0.5, 0.6) is 5.75 Å². The van der Waals surface area contributed by atoms with E-state index in [0.29, 0.717) is 17.8 Å². The normalized spacial score (nSPS) is 26.3. The van der Waals surface area contributed by atoms with Crippen LogP contribution >= 0.6 is 0 Å². The van der Waals surface area contributed by atoms with Crippen LogP contribution in [0, 0.1) is 5.41 Å². The van der Waals surface area contributed by atoms with Crippen molar-refractivity contribution in [1.82, 2.24) is 9.97 Å². The highest BCUT2D eigenvalue weighted by molar-refractivity contribution is 5.10. The lowest BCUT2D eigenvalue weighted by molar-refractivity contribution is 0.00521. The summed E-state index contributed by atoms with van der Waals surface area (Å²) in [6, 6.07) is 0. The summed E-state index contributed by atoms with van der Waals surface area (Å²) >= 11 is 0. The van der Waals surface area contributed by atoms with Crippen LogP contribution in [-0.4, -0.2) is 42.5 Å². The van der Waals surface area contributed by atoms with E-state index >= 15 is 0 Å². The first-order valence-electron chi connectivity index (χ1n) is 6.44. The lowest BCUT2D eigenvalue weighted by Gasteiger charge is -2.31. The maximum Gasteiger partial charge on any atom is 0.156 e. The fourth-order valence-corrected chi connectivity index (χ4v) is 2.70. The highest BCUT2D eigenvalue weighted by Crippen LogP contribution is 2.41. The van der Waals surface area contributed by atoms with Crippen molar-refractivity contribution in [2.75, 3.05) is 26.4 Å². The lowest BCUT2D eigenvalue weighted by atomic mass is 9.78. The van der Waals surface area contributed by atoms with Gasteiger partial charge in [0.2, 0.25) is 0 Å². The highest BCUT2D eigenvalue weighted by atomic mass is 16.5. The number of hydrogen-bond donors (Lipinski definition) is 0. The molecule has 1 atom stereocenters. The van der Waals surface area contributed by atoms with E-state index in [-0.39, 0.29) is 6.10 Å². The Balaban J connectivity index is 1.50. The third kappa shape index (κ3) is 2.62. The van der Waals surface area contributed by atoms with Crippen molar-refractivity contribution in [3.05, 3.63) is 18.7 Å². The Bertz CT molecular complexity index is 379. The molecule has 0 aliphatic carbocycles. The fraction of sp³-hybridized carbons (Fsp3) is 0.692. The summed E-state index contributed by atoms with van der Waals surface area (Å²) in [4.78, 5) is 7.84. The van der Waals surface area contributed by atoms with Gasteiger partial charge in [-0.1, -0.05) is 0 Å². The maximum atomic E-state index is 5.85. The molecular formula is C13H18N2O3. The summed E-state index contributed by atoms with van der Waals surface area (Å²) in [5.41, 5.74) is 0.333. The fourth-order valence-electron chi connectivity index (χ4n) is 2.70. The number of nitrogens with zero attached hydrogens (tertiary/aromatic N) is 2. The summed E-state index contributed by atoms with van der Waals surface area (Å²) in [7, 11) is 0. The molecule has 5 nitrogen and oxygen atoms in total. The van der Waals surface area contributed by atoms with Crippen LogP contribution in [-0.2, 0) is 9.47 Å². The molecule has 0 N–H and O–H groups in total. The van der Waals surface area contributed by atoms with Crippen molar-refractivity contribution >= 4 is 0 Å². The summed E-state index contributed by atoms with van der Waals surface area (Å²) in [5.74, 6) is 0.703. The van der Waals surface area contributed by atoms with Gasteiger partial charge >= 0.3 is 0 Å². The minimum atomic E-state index is 0.184. The summed E-state index contributed by atoms with van der Waals surface area (Å²) in [5, 5.41) is 0. The summed E-state index contributed by atoms with van der Waals surface area (Å²) in [6.45, 7) is 3.15. The minimum absolute atomic E-state index is 0.184. The van der Waals surface area contributed by atoms with Gasteiger partial charge in [0, 0.05) is 18.6 Å². The van der Waals surface area contributed by atoms with E-state index < -0.39 is 0 Å². The minimum Gasteiger partial charge on any atom is -0.488 e. The molecule has 0 saturated carbocycles. The first-order chi connectivity index (χ1) is 8.86. The van der Waals surface area contributed by atoms with E-state index in [1.54, 1.807) is 12.4 Å². The van der Waals surface area contributed by atoms with Gasteiger partial charge in [-0.3, -0.25) is 0 Å². The zero-order valence-electron chi connectivity index (χ0n) is 10.4. The van der Waals surface area contributed by atoms with Crippen LogP contribution < -0.4 is 4.74 Å². The molecule has 1 spiro atoms. The van der Waals surface area contributed by atoms with Gasteiger partial charge in [0.25, 0.3) is 0 Å². The smallest absolute Gasteiger partial charge is 0.156 e. The Hall–Kier alpha value is -1.20. The van der Waals surface area contributed by atoms with Crippen molar-refractivity contribution in [3.8, 4) is 5.75 Å². The van der Waals surface area contributed by atoms with Crippen molar-refractivity contribution in [1.29, 1.82) is 0 Å². The number of rotatable bonds is 3. The molecule has 2 aliphatic heterocycles. The molecule has 3 heterocycles. The predicted molar refractivity (Wildman–Crippen MR) is 64.4 cm³/mol. The van der Waals surface area contributed by atoms with E-state index in [9.17, 15) is 0 Å². The van der Waals surface area contributed by atoms with Gasteiger partial charge in [0.1, 0.15) is 12.9 Å². The lowest BCUT2D eigenvalue weighted by Crippen LogP contribution is -2.30. The first kappa shape index (κ1) is 11.9. The molecule has 18 heavy (non-hydrogen) atoms. The monoisotopic (exact) mass is 250 g/mol. The second-order valence-corrected chi connectivity index (χ2v) is 5.13. The van der Waals surface area contributed by atoms with Crippen molar-refractivity contribution in [3.63, 3.8) is 0 Å². The van der Waals surface area contributed by atoms with Crippen LogP contribution in [0.25, 0.3) is 0 Å². The van der Waals surface area contributed by atoms with Crippen molar-refractivity contribution in [2.24, 2.45) is 5.41 Å². The molecule has 1 unspecified atom stereocenters. The van der Waals surface area contributed by atoms with Gasteiger partial charge < -0.3 is 14.2 Å².